The minimum atomic E-state index is -4.45. The topological polar surface area (TPSA) is 51.1 Å². The van der Waals surface area contributed by atoms with E-state index in [0.717, 1.165) is 24.3 Å². The van der Waals surface area contributed by atoms with Crippen LogP contribution in [0.15, 0.2) is 53.5 Å². The van der Waals surface area contributed by atoms with E-state index in [0.29, 0.717) is 29.8 Å². The molecule has 0 saturated carbocycles. The van der Waals surface area contributed by atoms with Crippen LogP contribution in [0, 0.1) is 0 Å². The van der Waals surface area contributed by atoms with Crippen LogP contribution in [-0.4, -0.2) is 41.5 Å². The van der Waals surface area contributed by atoms with E-state index in [1.54, 1.807) is 24.3 Å². The average molecular weight is 438 g/mol. The quantitative estimate of drug-likeness (QED) is 0.627. The largest absolute Gasteiger partial charge is 0.490 e. The van der Waals surface area contributed by atoms with E-state index in [9.17, 15) is 18.0 Å². The van der Waals surface area contributed by atoms with Crippen molar-refractivity contribution in [1.82, 2.24) is 4.90 Å². The smallest absolute Gasteiger partial charge is 0.416 e. The lowest BCUT2D eigenvalue weighted by molar-refractivity contribution is -0.137. The third-order valence-electron chi connectivity index (χ3n) is 4.19. The van der Waals surface area contributed by atoms with Crippen LogP contribution in [-0.2, 0) is 11.0 Å². The summed E-state index contributed by atoms with van der Waals surface area (Å²) >= 11 is 1.33. The molecule has 1 amide bonds. The molecule has 0 aromatic heterocycles. The highest BCUT2D eigenvalue weighted by molar-refractivity contribution is 8.13. The number of benzene rings is 2. The predicted octanol–water partition coefficient (Wildman–Crippen LogP) is 5.14. The second kappa shape index (κ2) is 9.88. The van der Waals surface area contributed by atoms with E-state index in [2.05, 4.69) is 4.99 Å². The number of rotatable bonds is 6. The number of carbonyl (C=O) groups excluding carboxylic acids is 1. The maximum atomic E-state index is 13.0. The highest BCUT2D eigenvalue weighted by atomic mass is 32.2. The van der Waals surface area contributed by atoms with Crippen molar-refractivity contribution >= 4 is 28.5 Å². The summed E-state index contributed by atoms with van der Waals surface area (Å²) in [4.78, 5) is 18.5. The SMILES string of the molecule is CCOc1ccccc1OCC(=O)N1CCCSC1=Nc1cccc(C(F)(F)F)c1. The van der Waals surface area contributed by atoms with E-state index in [-0.39, 0.29) is 18.2 Å². The lowest BCUT2D eigenvalue weighted by Crippen LogP contribution is -2.41. The number of ether oxygens (including phenoxy) is 2. The Balaban J connectivity index is 1.74. The summed E-state index contributed by atoms with van der Waals surface area (Å²) in [6.45, 7) is 2.51. The molecule has 160 valence electrons. The zero-order chi connectivity index (χ0) is 21.6. The summed E-state index contributed by atoms with van der Waals surface area (Å²) in [5.74, 6) is 1.40. The first-order chi connectivity index (χ1) is 14.4. The fraction of sp³-hybridized carbons (Fsp3) is 0.333. The van der Waals surface area contributed by atoms with Crippen LogP contribution in [0.4, 0.5) is 18.9 Å². The molecule has 0 unspecified atom stereocenters. The second-order valence-corrected chi connectivity index (χ2v) is 7.42. The molecule has 0 radical (unpaired) electrons. The van der Waals surface area contributed by atoms with E-state index in [1.807, 2.05) is 6.92 Å². The van der Waals surface area contributed by atoms with Gasteiger partial charge in [0.05, 0.1) is 17.9 Å². The number of para-hydroxylation sites is 2. The Morgan fingerprint density at radius 2 is 1.87 bits per heavy atom. The normalized spacial score (nSPS) is 15.9. The molecule has 2 aromatic rings. The molecule has 1 fully saturated rings. The first-order valence-corrected chi connectivity index (χ1v) is 10.4. The Labute approximate surface area is 176 Å². The number of amides is 1. The third-order valence-corrected chi connectivity index (χ3v) is 5.25. The van der Waals surface area contributed by atoms with Gasteiger partial charge in [0, 0.05) is 12.3 Å². The Kier molecular flexibility index (Phi) is 7.25. The lowest BCUT2D eigenvalue weighted by Gasteiger charge is -2.27. The van der Waals surface area contributed by atoms with Crippen LogP contribution in [0.3, 0.4) is 0 Å². The Morgan fingerprint density at radius 1 is 1.13 bits per heavy atom. The van der Waals surface area contributed by atoms with Gasteiger partial charge in [0.1, 0.15) is 0 Å². The maximum Gasteiger partial charge on any atom is 0.416 e. The van der Waals surface area contributed by atoms with Gasteiger partial charge in [0.2, 0.25) is 0 Å². The number of nitrogens with zero attached hydrogens (tertiary/aromatic N) is 2. The number of carbonyl (C=O) groups is 1. The Bertz CT molecular complexity index is 918. The van der Waals surface area contributed by atoms with E-state index in [4.69, 9.17) is 9.47 Å². The fourth-order valence-electron chi connectivity index (χ4n) is 2.81. The second-order valence-electron chi connectivity index (χ2n) is 6.36. The number of thioether (sulfide) groups is 1. The number of hydrogen-bond donors (Lipinski definition) is 0. The molecule has 1 aliphatic rings. The number of alkyl halides is 3. The van der Waals surface area contributed by atoms with Gasteiger partial charge in [-0.2, -0.15) is 13.2 Å². The fourth-order valence-corrected chi connectivity index (χ4v) is 3.78. The zero-order valence-corrected chi connectivity index (χ0v) is 17.1. The van der Waals surface area contributed by atoms with Crippen molar-refractivity contribution in [3.05, 3.63) is 54.1 Å². The van der Waals surface area contributed by atoms with Crippen LogP contribution < -0.4 is 9.47 Å². The summed E-state index contributed by atoms with van der Waals surface area (Å²) in [6, 6.07) is 11.8. The van der Waals surface area contributed by atoms with Gasteiger partial charge < -0.3 is 9.47 Å². The maximum absolute atomic E-state index is 13.0. The van der Waals surface area contributed by atoms with Crippen molar-refractivity contribution in [2.75, 3.05) is 25.5 Å². The molecule has 0 aliphatic carbocycles. The molecule has 30 heavy (non-hydrogen) atoms. The van der Waals surface area contributed by atoms with Crippen molar-refractivity contribution < 1.29 is 27.4 Å². The first kappa shape index (κ1) is 22.0. The standard InChI is InChI=1S/C21H21F3N2O3S/c1-2-28-17-9-3-4-10-18(17)29-14-19(27)26-11-6-12-30-20(26)25-16-8-5-7-15(13-16)21(22,23)24/h3-5,7-10,13H,2,6,11-12,14H2,1H3. The van der Waals surface area contributed by atoms with Crippen LogP contribution >= 0.6 is 11.8 Å². The minimum Gasteiger partial charge on any atom is -0.490 e. The summed E-state index contributed by atoms with van der Waals surface area (Å²) in [7, 11) is 0. The first-order valence-electron chi connectivity index (χ1n) is 9.42. The lowest BCUT2D eigenvalue weighted by atomic mass is 10.2. The predicted molar refractivity (Wildman–Crippen MR) is 110 cm³/mol. The molecule has 9 heteroatoms. The molecule has 2 aromatic carbocycles. The molecular formula is C21H21F3N2O3S. The highest BCUT2D eigenvalue weighted by Gasteiger charge is 2.31. The van der Waals surface area contributed by atoms with Crippen LogP contribution in [0.5, 0.6) is 11.5 Å². The van der Waals surface area contributed by atoms with Crippen LogP contribution in [0.2, 0.25) is 0 Å². The van der Waals surface area contributed by atoms with Gasteiger partial charge in [0.25, 0.3) is 5.91 Å². The van der Waals surface area contributed by atoms with Gasteiger partial charge in [-0.1, -0.05) is 30.0 Å². The molecule has 0 bridgehead atoms. The van der Waals surface area contributed by atoms with Crippen molar-refractivity contribution in [2.24, 2.45) is 4.99 Å². The van der Waals surface area contributed by atoms with Gasteiger partial charge in [0.15, 0.2) is 23.3 Å². The molecule has 3 rings (SSSR count). The van der Waals surface area contributed by atoms with Gasteiger partial charge >= 0.3 is 6.18 Å². The molecule has 5 nitrogen and oxygen atoms in total. The molecule has 0 N–H and O–H groups in total. The number of hydrogen-bond acceptors (Lipinski definition) is 5. The zero-order valence-electron chi connectivity index (χ0n) is 16.3. The molecule has 1 heterocycles. The average Bonchev–Trinajstić information content (AvgIpc) is 2.73. The summed E-state index contributed by atoms with van der Waals surface area (Å²) < 4.78 is 50.0. The summed E-state index contributed by atoms with van der Waals surface area (Å²) in [6.07, 6.45) is -3.69. The molecular weight excluding hydrogens is 417 g/mol. The van der Waals surface area contributed by atoms with Crippen molar-refractivity contribution in [1.29, 1.82) is 0 Å². The van der Waals surface area contributed by atoms with E-state index >= 15 is 0 Å². The molecule has 0 atom stereocenters. The number of aliphatic imine (C=N–C) groups is 1. The molecule has 1 aliphatic heterocycles. The van der Waals surface area contributed by atoms with E-state index < -0.39 is 11.7 Å². The highest BCUT2D eigenvalue weighted by Crippen LogP contribution is 2.32. The summed E-state index contributed by atoms with van der Waals surface area (Å²) in [5.41, 5.74) is -0.631. The van der Waals surface area contributed by atoms with Gasteiger partial charge in [-0.3, -0.25) is 9.69 Å². The third kappa shape index (κ3) is 5.69. The van der Waals surface area contributed by atoms with Crippen LogP contribution in [0.1, 0.15) is 18.9 Å². The summed E-state index contributed by atoms with van der Waals surface area (Å²) in [5, 5.41) is 0.368. The number of halogens is 3. The van der Waals surface area contributed by atoms with Gasteiger partial charge in [-0.15, -0.1) is 0 Å². The minimum absolute atomic E-state index is 0.148. The molecule has 0 spiro atoms. The number of amidine groups is 1. The monoisotopic (exact) mass is 438 g/mol. The van der Waals surface area contributed by atoms with Crippen LogP contribution in [0.25, 0.3) is 0 Å². The Morgan fingerprint density at radius 3 is 2.57 bits per heavy atom. The molecule has 1 saturated heterocycles. The van der Waals surface area contributed by atoms with Gasteiger partial charge in [-0.05, 0) is 43.7 Å². The van der Waals surface area contributed by atoms with Crippen molar-refractivity contribution in [2.45, 2.75) is 19.5 Å². The van der Waals surface area contributed by atoms with Crippen molar-refractivity contribution in [3.8, 4) is 11.5 Å². The van der Waals surface area contributed by atoms with Crippen molar-refractivity contribution in [3.63, 3.8) is 0 Å². The Hall–Kier alpha value is -2.68. The van der Waals surface area contributed by atoms with E-state index in [1.165, 1.54) is 28.8 Å². The van der Waals surface area contributed by atoms with Gasteiger partial charge in [-0.25, -0.2) is 4.99 Å².